The molecule has 3 aromatic carbocycles. The number of nitrogens with one attached hydrogen (secondary N) is 2. The predicted octanol–water partition coefficient (Wildman–Crippen LogP) is 24.4. The van der Waals surface area contributed by atoms with E-state index in [1.165, 1.54) is 5.32 Å². The van der Waals surface area contributed by atoms with Crippen molar-refractivity contribution in [1.82, 2.24) is 0 Å². The summed E-state index contributed by atoms with van der Waals surface area (Å²) in [6.45, 7) is 0.245. The number of carbonyl (C=O) groups excluding carboxylic acids is 2. The third-order valence-corrected chi connectivity index (χ3v) is 15.4. The summed E-state index contributed by atoms with van der Waals surface area (Å²) in [4.78, 5) is 26.1. The normalized spacial score (nSPS) is 15.6. The third kappa shape index (κ3) is 15.0. The average molecular weight is 1750 g/mol. The second-order valence-electron chi connectivity index (χ2n) is 22.9. The summed E-state index contributed by atoms with van der Waals surface area (Å²) in [7, 11) is 0. The van der Waals surface area contributed by atoms with Crippen LogP contribution in [0.4, 0.5) is 235 Å². The number of ketones is 2. The number of allylic oxidation sites excluding steroid dienone is 2. The maximum absolute atomic E-state index is 16.3. The van der Waals surface area contributed by atoms with Crippen molar-refractivity contribution < 1.29 is 238 Å². The molecule has 0 spiro atoms. The van der Waals surface area contributed by atoms with Crippen LogP contribution in [0.3, 0.4) is 0 Å². The molecule has 0 saturated carbocycles. The SMILES string of the molecule is CCCCCCCCOc1cc(N/C=C\C(=O)c2ccc(C(F)(F)C(F)(F)C(F)(F)C(F)(F)C(F)(F)C(F)(F)C(F)(F)C(F)(F)F)cc2)c(N/C=C\C(=O)c2ccc(C(F)(F)C(F)(F)C(F)(F)C(F)(F)C(F)(F)C(F)(F)C(F)(F)C(F)(F)F)cc2)cc1C(F)(F)C(F)(F)C(F)(F)C(F)(F)C(F)(F)C(F)(F)C(F)(F)C(F)(F)F. The zero-order valence-electron chi connectivity index (χ0n) is 52.5. The van der Waals surface area contributed by atoms with Gasteiger partial charge in [-0.15, -0.1) is 0 Å². The number of rotatable bonds is 37. The molecule has 0 aliphatic carbocycles. The van der Waals surface area contributed by atoms with E-state index in [4.69, 9.17) is 4.74 Å². The minimum absolute atomic E-state index is 0.0427. The molecule has 0 unspecified atom stereocenters. The van der Waals surface area contributed by atoms with Crippen molar-refractivity contribution in [3.63, 3.8) is 0 Å². The predicted molar refractivity (Wildman–Crippen MR) is 271 cm³/mol. The lowest BCUT2D eigenvalue weighted by molar-refractivity contribution is -0.462. The van der Waals surface area contributed by atoms with E-state index in [1.807, 2.05) is 0 Å². The molecule has 0 bridgehead atoms. The van der Waals surface area contributed by atoms with Gasteiger partial charge in [-0.1, -0.05) is 87.6 Å². The fraction of sp³-hybridized carbons (Fsp3) is 0.571. The van der Waals surface area contributed by atoms with Gasteiger partial charge in [0.15, 0.2) is 11.6 Å². The highest BCUT2D eigenvalue weighted by atomic mass is 19.5. The molecule has 56 heteroatoms. The molecule has 3 rings (SSSR count). The molecule has 0 aromatic heterocycles. The summed E-state index contributed by atoms with van der Waals surface area (Å²) in [5.41, 5.74) is -15.8. The maximum atomic E-state index is 16.3. The monoisotopic (exact) mass is 1750 g/mol. The molecule has 0 aliphatic rings. The molecule has 112 heavy (non-hydrogen) atoms. The molecular weight excluding hydrogens is 1720 g/mol. The molecule has 0 radical (unpaired) electrons. The lowest BCUT2D eigenvalue weighted by atomic mass is 9.86. The van der Waals surface area contributed by atoms with Crippen LogP contribution in [0, 0.1) is 0 Å². The first-order valence-electron chi connectivity index (χ1n) is 28.4. The molecule has 0 aliphatic heterocycles. The Hall–Kier alpha value is -7.69. The highest BCUT2D eigenvalue weighted by molar-refractivity contribution is 6.05. The molecular formula is C56H33F51N2O3. The quantitative estimate of drug-likeness (QED) is 0.0261. The highest BCUT2D eigenvalue weighted by Gasteiger charge is 2.99. The minimum Gasteiger partial charge on any atom is -0.493 e. The van der Waals surface area contributed by atoms with E-state index >= 15 is 43.9 Å². The molecule has 5 nitrogen and oxygen atoms in total. The van der Waals surface area contributed by atoms with Gasteiger partial charge in [-0.3, -0.25) is 9.59 Å². The van der Waals surface area contributed by atoms with Crippen LogP contribution in [0.5, 0.6) is 5.75 Å². The Morgan fingerprint density at radius 2 is 0.509 bits per heavy atom. The number of carbonyl (C=O) groups is 2. The van der Waals surface area contributed by atoms with Crippen molar-refractivity contribution in [2.75, 3.05) is 17.2 Å². The lowest BCUT2D eigenvalue weighted by Gasteiger charge is -2.43. The molecule has 3 aromatic rings. The maximum Gasteiger partial charge on any atom is 0.460 e. The first-order chi connectivity index (χ1) is 49.3. The van der Waals surface area contributed by atoms with Gasteiger partial charge in [-0.25, -0.2) is 0 Å². The fourth-order valence-corrected chi connectivity index (χ4v) is 8.57. The van der Waals surface area contributed by atoms with Gasteiger partial charge in [-0.05, 0) is 12.5 Å². The Morgan fingerprint density at radius 3 is 0.768 bits per heavy atom. The van der Waals surface area contributed by atoms with Crippen molar-refractivity contribution in [1.29, 1.82) is 0 Å². The van der Waals surface area contributed by atoms with Gasteiger partial charge in [0.2, 0.25) is 0 Å². The van der Waals surface area contributed by atoms with Gasteiger partial charge in [-0.2, -0.15) is 224 Å². The van der Waals surface area contributed by atoms with Crippen molar-refractivity contribution in [3.05, 3.63) is 113 Å². The molecule has 0 amide bonds. The van der Waals surface area contributed by atoms with Crippen molar-refractivity contribution in [2.45, 2.75) is 188 Å². The second kappa shape index (κ2) is 29.9. The van der Waals surface area contributed by atoms with Crippen LogP contribution >= 0.6 is 0 Å². The zero-order valence-corrected chi connectivity index (χ0v) is 52.5. The number of ether oxygens (including phenoxy) is 1. The number of anilines is 2. The van der Waals surface area contributed by atoms with E-state index < -0.39 is 261 Å². The van der Waals surface area contributed by atoms with Crippen molar-refractivity contribution in [2.24, 2.45) is 0 Å². The fourth-order valence-electron chi connectivity index (χ4n) is 8.57. The molecule has 2 N–H and O–H groups in total. The number of hydrogen-bond acceptors (Lipinski definition) is 5. The van der Waals surface area contributed by atoms with E-state index in [2.05, 4.69) is 0 Å². The number of hydrogen-bond donors (Lipinski definition) is 2. The molecule has 0 saturated heterocycles. The summed E-state index contributed by atoms with van der Waals surface area (Å²) in [6.07, 6.45) is -25.3. The lowest BCUT2D eigenvalue weighted by Crippen LogP contribution is -2.74. The second-order valence-corrected chi connectivity index (χ2v) is 22.9. The number of alkyl halides is 51. The van der Waals surface area contributed by atoms with Crippen LogP contribution in [0.15, 0.2) is 85.2 Å². The standard InChI is InChI=1S/C56H33F51N2O3/c1-2-3-4-5-6-7-20-112-32-22-29(109-19-17-31(111)24-10-14-26(15-11-24)34(59,60)37(65,66)40(71,72)43(77,78)46(83,84)49(89,90)52(95,96)55(102,103)104)28(21-27(32)35(61,62)38(67,68)41(73,74)44(79,80)47(85,86)50(91,92)53(97,98)56(105,106)107)108-18-16-30(110)23-8-12-25(13-9-23)33(57,58)36(63,64)39(69,70)42(75,76)45(81,82)48(87,88)51(93,94)54(99,100)101/h8-19,21-22,108-109H,2-7,20H2,1H3/b18-16-,19-17-. The van der Waals surface area contributed by atoms with Gasteiger partial charge in [0.1, 0.15) is 5.75 Å². The number of benzene rings is 3. The highest BCUT2D eigenvalue weighted by Crippen LogP contribution is 2.70. The summed E-state index contributed by atoms with van der Waals surface area (Å²) in [5.74, 6) is -189. The van der Waals surface area contributed by atoms with Gasteiger partial charge in [0.25, 0.3) is 0 Å². The van der Waals surface area contributed by atoms with E-state index in [-0.39, 0.29) is 55.9 Å². The largest absolute Gasteiger partial charge is 0.493 e. The first-order valence-corrected chi connectivity index (χ1v) is 28.4. The Morgan fingerprint density at radius 1 is 0.286 bits per heavy atom. The Labute approximate surface area is 585 Å². The van der Waals surface area contributed by atoms with Crippen molar-refractivity contribution >= 4 is 22.9 Å². The smallest absolute Gasteiger partial charge is 0.460 e. The summed E-state index contributed by atoms with van der Waals surface area (Å²) >= 11 is 0. The van der Waals surface area contributed by atoms with E-state index in [1.54, 1.807) is 12.2 Å². The third-order valence-electron chi connectivity index (χ3n) is 15.4. The van der Waals surface area contributed by atoms with Crippen LogP contribution in [-0.4, -0.2) is 143 Å². The van der Waals surface area contributed by atoms with Crippen LogP contribution in [-0.2, 0) is 17.8 Å². The molecule has 0 atom stereocenters. The molecule has 0 fully saturated rings. The van der Waals surface area contributed by atoms with E-state index in [9.17, 15) is 190 Å². The number of unbranched alkanes of at least 4 members (excludes halogenated alkanes) is 5. The van der Waals surface area contributed by atoms with Crippen LogP contribution in [0.2, 0.25) is 0 Å². The van der Waals surface area contributed by atoms with Gasteiger partial charge in [0, 0.05) is 52.9 Å². The Bertz CT molecular complexity index is 3860. The minimum atomic E-state index is -9.32. The Balaban J connectivity index is 2.38. The summed E-state index contributed by atoms with van der Waals surface area (Å²) in [5, 5.41) is 2.97. The van der Waals surface area contributed by atoms with Crippen LogP contribution in [0.25, 0.3) is 0 Å². The first kappa shape index (κ1) is 98.5. The Kier molecular flexibility index (Phi) is 26.3. The number of halogens is 51. The van der Waals surface area contributed by atoms with Crippen molar-refractivity contribution in [3.8, 4) is 5.75 Å². The van der Waals surface area contributed by atoms with Gasteiger partial charge >= 0.3 is 143 Å². The average Bonchev–Trinajstić information content (AvgIpc) is 0.700. The van der Waals surface area contributed by atoms with Crippen LogP contribution in [0.1, 0.15) is 82.9 Å². The van der Waals surface area contributed by atoms with Crippen LogP contribution < -0.4 is 15.4 Å². The molecule has 0 heterocycles. The topological polar surface area (TPSA) is 67.4 Å². The van der Waals surface area contributed by atoms with Gasteiger partial charge in [0.05, 0.1) is 23.5 Å². The van der Waals surface area contributed by atoms with E-state index in [0.29, 0.717) is 12.8 Å². The zero-order chi connectivity index (χ0) is 88.7. The molecule has 642 valence electrons. The van der Waals surface area contributed by atoms with E-state index in [0.717, 1.165) is 0 Å². The summed E-state index contributed by atoms with van der Waals surface area (Å²) in [6, 6.07) is -6.46. The van der Waals surface area contributed by atoms with Gasteiger partial charge < -0.3 is 15.4 Å². The summed E-state index contributed by atoms with van der Waals surface area (Å²) < 4.78 is 725.